The number of anilines is 3. The van der Waals surface area contributed by atoms with Crippen molar-refractivity contribution in [1.29, 1.82) is 0 Å². The van der Waals surface area contributed by atoms with E-state index in [0.717, 1.165) is 24.8 Å². The highest BCUT2D eigenvalue weighted by Crippen LogP contribution is 2.29. The van der Waals surface area contributed by atoms with Gasteiger partial charge < -0.3 is 14.9 Å². The average Bonchev–Trinajstić information content (AvgIpc) is 3.26. The Morgan fingerprint density at radius 3 is 2.06 bits per heavy atom. The summed E-state index contributed by atoms with van der Waals surface area (Å²) < 4.78 is 0. The molecule has 0 bridgehead atoms. The lowest BCUT2D eigenvalue weighted by molar-refractivity contribution is 0.0697. The van der Waals surface area contributed by atoms with Crippen LogP contribution in [0.3, 0.4) is 0 Å². The van der Waals surface area contributed by atoms with Gasteiger partial charge in [-0.05, 0) is 81.2 Å². The molecule has 7 heteroatoms. The van der Waals surface area contributed by atoms with Gasteiger partial charge in [0.1, 0.15) is 0 Å². The number of hydrogen-bond acceptors (Lipinski definition) is 4. The number of urea groups is 1. The van der Waals surface area contributed by atoms with Crippen molar-refractivity contribution in [2.75, 3.05) is 54.0 Å². The molecule has 0 atom stereocenters. The van der Waals surface area contributed by atoms with Crippen molar-refractivity contribution in [3.8, 4) is 0 Å². The lowest BCUT2D eigenvalue weighted by Gasteiger charge is -2.41. The van der Waals surface area contributed by atoms with Gasteiger partial charge in [0, 0.05) is 49.3 Å². The second-order valence-electron chi connectivity index (χ2n) is 9.27. The van der Waals surface area contributed by atoms with Gasteiger partial charge >= 0.3 is 12.0 Å². The molecule has 7 nitrogen and oxygen atoms in total. The molecule has 2 amide bonds. The number of nitrogens with zero attached hydrogens (tertiary/aromatic N) is 4. The SMILES string of the molecule is O=C(O)c1cccc(N2CCN(c3ccc(N4CCC(N5CCCCC5)CC4)cc3)C2=O)c1. The smallest absolute Gasteiger partial charge is 0.335 e. The summed E-state index contributed by atoms with van der Waals surface area (Å²) in [6.07, 6.45) is 6.51. The topological polar surface area (TPSA) is 67.3 Å². The molecule has 3 aliphatic heterocycles. The van der Waals surface area contributed by atoms with Crippen LogP contribution in [0.4, 0.5) is 21.9 Å². The lowest BCUT2D eigenvalue weighted by atomic mass is 9.99. The molecule has 3 saturated heterocycles. The molecule has 2 aromatic rings. The van der Waals surface area contributed by atoms with Crippen LogP contribution in [0.25, 0.3) is 0 Å². The maximum Gasteiger partial charge on any atom is 0.335 e. The van der Waals surface area contributed by atoms with Gasteiger partial charge in [0.15, 0.2) is 0 Å². The second kappa shape index (κ2) is 9.43. The Kier molecular flexibility index (Phi) is 6.22. The minimum atomic E-state index is -0.990. The monoisotopic (exact) mass is 448 g/mol. The highest BCUT2D eigenvalue weighted by Gasteiger charge is 2.31. The Balaban J connectivity index is 1.21. The number of aromatic carboxylic acids is 1. The van der Waals surface area contributed by atoms with Crippen LogP contribution in [0.1, 0.15) is 42.5 Å². The van der Waals surface area contributed by atoms with Gasteiger partial charge in [-0.25, -0.2) is 9.59 Å². The van der Waals surface area contributed by atoms with Crippen LogP contribution < -0.4 is 14.7 Å². The second-order valence-corrected chi connectivity index (χ2v) is 9.27. The van der Waals surface area contributed by atoms with Crippen LogP contribution in [0, 0.1) is 0 Å². The van der Waals surface area contributed by atoms with Crippen LogP contribution in [-0.2, 0) is 0 Å². The first-order valence-electron chi connectivity index (χ1n) is 12.1. The van der Waals surface area contributed by atoms with Gasteiger partial charge in [-0.2, -0.15) is 0 Å². The van der Waals surface area contributed by atoms with Gasteiger partial charge in [-0.3, -0.25) is 9.80 Å². The standard InChI is InChI=1S/C26H32N4O3/c31-25(32)20-5-4-6-24(19-20)30-18-17-29(26(30)33)23-9-7-21(8-10-23)28-15-11-22(12-16-28)27-13-2-1-3-14-27/h4-10,19,22H,1-3,11-18H2,(H,31,32). The van der Waals surface area contributed by atoms with Crippen LogP contribution >= 0.6 is 0 Å². The fourth-order valence-electron chi connectivity index (χ4n) is 5.44. The van der Waals surface area contributed by atoms with E-state index in [9.17, 15) is 14.7 Å². The molecule has 0 aliphatic carbocycles. The maximum absolute atomic E-state index is 13.0. The molecular weight excluding hydrogens is 416 g/mol. The van der Waals surface area contributed by atoms with Crippen molar-refractivity contribution in [2.24, 2.45) is 0 Å². The zero-order chi connectivity index (χ0) is 22.8. The predicted octanol–water partition coefficient (Wildman–Crippen LogP) is 4.29. The van der Waals surface area contributed by atoms with E-state index in [1.54, 1.807) is 28.0 Å². The number of hydrogen-bond donors (Lipinski definition) is 1. The molecular formula is C26H32N4O3. The predicted molar refractivity (Wildman–Crippen MR) is 131 cm³/mol. The summed E-state index contributed by atoms with van der Waals surface area (Å²) in [7, 11) is 0. The molecule has 1 N–H and O–H groups in total. The summed E-state index contributed by atoms with van der Waals surface area (Å²) in [6.45, 7) is 5.81. The molecule has 3 fully saturated rings. The van der Waals surface area contributed by atoms with Crippen LogP contribution in [0.15, 0.2) is 48.5 Å². The molecule has 33 heavy (non-hydrogen) atoms. The number of carbonyl (C=O) groups is 2. The van der Waals surface area contributed by atoms with E-state index in [1.165, 1.54) is 56.9 Å². The quantitative estimate of drug-likeness (QED) is 0.739. The van der Waals surface area contributed by atoms with E-state index >= 15 is 0 Å². The Labute approximate surface area is 195 Å². The fraction of sp³-hybridized carbons (Fsp3) is 0.462. The highest BCUT2D eigenvalue weighted by atomic mass is 16.4. The van der Waals surface area contributed by atoms with E-state index in [2.05, 4.69) is 21.9 Å². The molecule has 3 aliphatic rings. The molecule has 5 rings (SSSR count). The normalized spacial score (nSPS) is 20.5. The Morgan fingerprint density at radius 2 is 1.39 bits per heavy atom. The van der Waals surface area contributed by atoms with E-state index in [0.29, 0.717) is 18.8 Å². The molecule has 0 aromatic heterocycles. The zero-order valence-electron chi connectivity index (χ0n) is 19.0. The summed E-state index contributed by atoms with van der Waals surface area (Å²) in [5, 5.41) is 9.24. The van der Waals surface area contributed by atoms with Crippen molar-refractivity contribution in [3.05, 3.63) is 54.1 Å². The third-order valence-corrected chi connectivity index (χ3v) is 7.31. The molecule has 2 aromatic carbocycles. The molecule has 0 radical (unpaired) electrons. The number of carboxylic acid groups (broad SMARTS) is 1. The molecule has 0 spiro atoms. The van der Waals surface area contributed by atoms with Gasteiger partial charge in [0.05, 0.1) is 5.56 Å². The number of amides is 2. The van der Waals surface area contributed by atoms with Crippen molar-refractivity contribution in [2.45, 2.75) is 38.1 Å². The Hall–Kier alpha value is -3.06. The van der Waals surface area contributed by atoms with E-state index in [4.69, 9.17) is 0 Å². The first-order valence-corrected chi connectivity index (χ1v) is 12.1. The first-order chi connectivity index (χ1) is 16.1. The van der Waals surface area contributed by atoms with Gasteiger partial charge in [0.25, 0.3) is 0 Å². The van der Waals surface area contributed by atoms with Gasteiger partial charge in [0.2, 0.25) is 0 Å². The number of carbonyl (C=O) groups excluding carboxylic acids is 1. The van der Waals surface area contributed by atoms with Crippen molar-refractivity contribution in [3.63, 3.8) is 0 Å². The van der Waals surface area contributed by atoms with Crippen LogP contribution in [0.5, 0.6) is 0 Å². The summed E-state index contributed by atoms with van der Waals surface area (Å²) in [5.74, 6) is -0.990. The minimum Gasteiger partial charge on any atom is -0.478 e. The molecule has 0 unspecified atom stereocenters. The molecule has 174 valence electrons. The number of rotatable bonds is 5. The summed E-state index contributed by atoms with van der Waals surface area (Å²) in [4.78, 5) is 32.9. The Morgan fingerprint density at radius 1 is 0.758 bits per heavy atom. The average molecular weight is 449 g/mol. The van der Waals surface area contributed by atoms with E-state index in [1.807, 2.05) is 12.1 Å². The van der Waals surface area contributed by atoms with Crippen molar-refractivity contribution in [1.82, 2.24) is 4.90 Å². The third-order valence-electron chi connectivity index (χ3n) is 7.31. The summed E-state index contributed by atoms with van der Waals surface area (Å²) in [5.41, 5.74) is 2.90. The Bertz CT molecular complexity index is 995. The third kappa shape index (κ3) is 4.55. The highest BCUT2D eigenvalue weighted by molar-refractivity contribution is 6.06. The summed E-state index contributed by atoms with van der Waals surface area (Å²) in [6, 6.07) is 15.5. The number of likely N-dealkylation sites (tertiary alicyclic amines) is 1. The fourth-order valence-corrected chi connectivity index (χ4v) is 5.44. The van der Waals surface area contributed by atoms with E-state index < -0.39 is 5.97 Å². The summed E-state index contributed by atoms with van der Waals surface area (Å²) >= 11 is 0. The molecule has 3 heterocycles. The van der Waals surface area contributed by atoms with Crippen LogP contribution in [-0.4, -0.2) is 67.3 Å². The lowest BCUT2D eigenvalue weighted by Crippen LogP contribution is -2.46. The van der Waals surface area contributed by atoms with Gasteiger partial charge in [-0.1, -0.05) is 12.5 Å². The van der Waals surface area contributed by atoms with Gasteiger partial charge in [-0.15, -0.1) is 0 Å². The maximum atomic E-state index is 13.0. The zero-order valence-corrected chi connectivity index (χ0v) is 19.0. The number of carboxylic acids is 1. The van der Waals surface area contributed by atoms with Crippen molar-refractivity contribution >= 4 is 29.1 Å². The first kappa shape index (κ1) is 21.8. The number of benzene rings is 2. The largest absolute Gasteiger partial charge is 0.478 e. The van der Waals surface area contributed by atoms with Crippen LogP contribution in [0.2, 0.25) is 0 Å². The van der Waals surface area contributed by atoms with E-state index in [-0.39, 0.29) is 11.6 Å². The minimum absolute atomic E-state index is 0.118. The molecule has 0 saturated carbocycles. The van der Waals surface area contributed by atoms with Crippen molar-refractivity contribution < 1.29 is 14.7 Å². The number of piperidine rings is 2.